The summed E-state index contributed by atoms with van der Waals surface area (Å²) in [6.07, 6.45) is 2.49. The number of nitrogens with zero attached hydrogens (tertiary/aromatic N) is 1. The van der Waals surface area contributed by atoms with Crippen LogP contribution in [0.4, 0.5) is 10.5 Å². The van der Waals surface area contributed by atoms with Crippen LogP contribution in [0.1, 0.15) is 36.9 Å². The van der Waals surface area contributed by atoms with Crippen molar-refractivity contribution in [1.29, 1.82) is 0 Å². The van der Waals surface area contributed by atoms with Crippen molar-refractivity contribution in [1.82, 2.24) is 10.2 Å². The number of likely N-dealkylation sites (N-methyl/N-ethyl adjacent to an activating group) is 1. The molecule has 2 amide bonds. The van der Waals surface area contributed by atoms with Crippen molar-refractivity contribution in [2.24, 2.45) is 0 Å². The number of carbonyl (C=O) groups is 1. The lowest BCUT2D eigenvalue weighted by atomic mass is 9.96. The number of amides is 2. The second kappa shape index (κ2) is 6.03. The predicted octanol–water partition coefficient (Wildman–Crippen LogP) is 2.49. The molecule has 1 aromatic rings. The topological polar surface area (TPSA) is 53.6 Å². The van der Waals surface area contributed by atoms with Gasteiger partial charge in [0.05, 0.1) is 12.1 Å². The first-order valence-electron chi connectivity index (χ1n) is 7.69. The molecule has 2 unspecified atom stereocenters. The van der Waals surface area contributed by atoms with Gasteiger partial charge in [-0.2, -0.15) is 0 Å². The summed E-state index contributed by atoms with van der Waals surface area (Å²) in [5, 5.41) is 6.45. The number of carbonyl (C=O) groups excluding carboxylic acids is 1. The van der Waals surface area contributed by atoms with Crippen LogP contribution in [0.5, 0.6) is 0 Å². The summed E-state index contributed by atoms with van der Waals surface area (Å²) >= 11 is 0. The van der Waals surface area contributed by atoms with Crippen LogP contribution in [0.2, 0.25) is 0 Å². The lowest BCUT2D eigenvalue weighted by Gasteiger charge is -2.29. The van der Waals surface area contributed by atoms with Crippen LogP contribution < -0.4 is 10.6 Å². The average Bonchev–Trinajstić information content (AvgIpc) is 2.99. The first-order valence-corrected chi connectivity index (χ1v) is 7.69. The van der Waals surface area contributed by atoms with Gasteiger partial charge in [0.25, 0.3) is 0 Å². The fourth-order valence-electron chi connectivity index (χ4n) is 3.15. The van der Waals surface area contributed by atoms with Gasteiger partial charge in [-0.05, 0) is 36.6 Å². The summed E-state index contributed by atoms with van der Waals surface area (Å²) in [7, 11) is 1.81. The lowest BCUT2D eigenvalue weighted by Crippen LogP contribution is -2.36. The standard InChI is InChI=1S/C16H23N3O2/c1-3-17-15(14-5-4-8-21-14)11-6-7-13-12(9-11)10-19(2)16(20)18-13/h6-7,9,14-15,17H,3-5,8,10H2,1-2H3,(H,18,20). The van der Waals surface area contributed by atoms with E-state index in [0.717, 1.165) is 37.2 Å². The largest absolute Gasteiger partial charge is 0.376 e. The van der Waals surface area contributed by atoms with E-state index in [1.54, 1.807) is 4.90 Å². The summed E-state index contributed by atoms with van der Waals surface area (Å²) < 4.78 is 5.86. The molecule has 0 saturated carbocycles. The minimum atomic E-state index is -0.0439. The molecule has 0 aliphatic carbocycles. The van der Waals surface area contributed by atoms with E-state index < -0.39 is 0 Å². The van der Waals surface area contributed by atoms with Gasteiger partial charge in [0, 0.05) is 25.9 Å². The third-order valence-corrected chi connectivity index (χ3v) is 4.24. The van der Waals surface area contributed by atoms with E-state index in [-0.39, 0.29) is 18.2 Å². The summed E-state index contributed by atoms with van der Waals surface area (Å²) in [5.41, 5.74) is 3.33. The Labute approximate surface area is 125 Å². The van der Waals surface area contributed by atoms with Crippen LogP contribution in [0.3, 0.4) is 0 Å². The maximum atomic E-state index is 11.7. The highest BCUT2D eigenvalue weighted by Gasteiger charge is 2.28. The Morgan fingerprint density at radius 1 is 1.52 bits per heavy atom. The number of anilines is 1. The van der Waals surface area contributed by atoms with E-state index in [9.17, 15) is 4.79 Å². The smallest absolute Gasteiger partial charge is 0.321 e. The number of nitrogens with one attached hydrogen (secondary N) is 2. The van der Waals surface area contributed by atoms with Crippen LogP contribution in [0, 0.1) is 0 Å². The molecule has 2 aliphatic heterocycles. The van der Waals surface area contributed by atoms with Crippen molar-refractivity contribution in [3.63, 3.8) is 0 Å². The van der Waals surface area contributed by atoms with Crippen molar-refractivity contribution in [3.05, 3.63) is 29.3 Å². The average molecular weight is 289 g/mol. The third kappa shape index (κ3) is 2.89. The van der Waals surface area contributed by atoms with E-state index >= 15 is 0 Å². The van der Waals surface area contributed by atoms with E-state index in [1.807, 2.05) is 13.1 Å². The van der Waals surface area contributed by atoms with Gasteiger partial charge in [-0.15, -0.1) is 0 Å². The van der Waals surface area contributed by atoms with Gasteiger partial charge in [-0.3, -0.25) is 0 Å². The molecule has 0 aromatic heterocycles. The zero-order valence-corrected chi connectivity index (χ0v) is 12.7. The molecule has 114 valence electrons. The Morgan fingerprint density at radius 3 is 3.10 bits per heavy atom. The van der Waals surface area contributed by atoms with Gasteiger partial charge in [-0.1, -0.05) is 19.1 Å². The van der Waals surface area contributed by atoms with E-state index in [1.165, 1.54) is 5.56 Å². The second-order valence-corrected chi connectivity index (χ2v) is 5.79. The first-order chi connectivity index (χ1) is 10.2. The number of benzene rings is 1. The van der Waals surface area contributed by atoms with Gasteiger partial charge in [0.15, 0.2) is 0 Å². The monoisotopic (exact) mass is 289 g/mol. The Balaban J connectivity index is 1.87. The molecule has 2 aliphatic rings. The molecule has 0 spiro atoms. The van der Waals surface area contributed by atoms with Crippen molar-refractivity contribution in [2.75, 3.05) is 25.5 Å². The van der Waals surface area contributed by atoms with Crippen LogP contribution >= 0.6 is 0 Å². The number of hydrogen-bond acceptors (Lipinski definition) is 3. The fraction of sp³-hybridized carbons (Fsp3) is 0.562. The Morgan fingerprint density at radius 2 is 2.38 bits per heavy atom. The summed E-state index contributed by atoms with van der Waals surface area (Å²) in [4.78, 5) is 13.4. The lowest BCUT2D eigenvalue weighted by molar-refractivity contribution is 0.0788. The molecule has 0 radical (unpaired) electrons. The van der Waals surface area contributed by atoms with Gasteiger partial charge in [0.1, 0.15) is 0 Å². The zero-order chi connectivity index (χ0) is 14.8. The van der Waals surface area contributed by atoms with Gasteiger partial charge in [0.2, 0.25) is 0 Å². The second-order valence-electron chi connectivity index (χ2n) is 5.79. The van der Waals surface area contributed by atoms with Gasteiger partial charge in [-0.25, -0.2) is 4.79 Å². The Kier molecular flexibility index (Phi) is 4.12. The van der Waals surface area contributed by atoms with Crippen LogP contribution in [-0.4, -0.2) is 37.2 Å². The number of ether oxygens (including phenoxy) is 1. The molecule has 2 heterocycles. The summed E-state index contributed by atoms with van der Waals surface area (Å²) in [6.45, 7) is 4.54. The summed E-state index contributed by atoms with van der Waals surface area (Å²) in [5.74, 6) is 0. The number of rotatable bonds is 4. The number of hydrogen-bond donors (Lipinski definition) is 2. The normalized spacial score (nSPS) is 22.9. The maximum absolute atomic E-state index is 11.7. The molecule has 1 fully saturated rings. The van der Waals surface area contributed by atoms with Crippen molar-refractivity contribution >= 4 is 11.7 Å². The Hall–Kier alpha value is -1.59. The minimum Gasteiger partial charge on any atom is -0.376 e. The van der Waals surface area contributed by atoms with Gasteiger partial charge >= 0.3 is 6.03 Å². The highest BCUT2D eigenvalue weighted by Crippen LogP contribution is 2.31. The number of urea groups is 1. The minimum absolute atomic E-state index is 0.0439. The molecule has 1 saturated heterocycles. The van der Waals surface area contributed by atoms with Gasteiger partial charge < -0.3 is 20.3 Å². The van der Waals surface area contributed by atoms with Crippen molar-refractivity contribution in [3.8, 4) is 0 Å². The third-order valence-electron chi connectivity index (χ3n) is 4.24. The van der Waals surface area contributed by atoms with Crippen molar-refractivity contribution < 1.29 is 9.53 Å². The molecule has 3 rings (SSSR count). The summed E-state index contributed by atoms with van der Waals surface area (Å²) in [6, 6.07) is 6.48. The number of fused-ring (bicyclic) bond motifs is 1. The van der Waals surface area contributed by atoms with Crippen LogP contribution in [0.15, 0.2) is 18.2 Å². The molecule has 5 nitrogen and oxygen atoms in total. The maximum Gasteiger partial charge on any atom is 0.321 e. The van der Waals surface area contributed by atoms with Crippen LogP contribution in [0.25, 0.3) is 0 Å². The highest BCUT2D eigenvalue weighted by atomic mass is 16.5. The van der Waals surface area contributed by atoms with Crippen molar-refractivity contribution in [2.45, 2.75) is 38.5 Å². The SMILES string of the molecule is CCNC(c1ccc2c(c1)CN(C)C(=O)N2)C1CCCO1. The molecule has 21 heavy (non-hydrogen) atoms. The Bertz CT molecular complexity index is 526. The predicted molar refractivity (Wildman–Crippen MR) is 82.3 cm³/mol. The molecular weight excluding hydrogens is 266 g/mol. The molecule has 2 N–H and O–H groups in total. The molecular formula is C16H23N3O2. The van der Waals surface area contributed by atoms with E-state index in [2.05, 4.69) is 29.7 Å². The molecule has 1 aromatic carbocycles. The molecule has 2 atom stereocenters. The quantitative estimate of drug-likeness (QED) is 0.895. The van der Waals surface area contributed by atoms with E-state index in [0.29, 0.717) is 6.54 Å². The molecule has 5 heteroatoms. The fourth-order valence-corrected chi connectivity index (χ4v) is 3.15. The van der Waals surface area contributed by atoms with E-state index in [4.69, 9.17) is 4.74 Å². The first kappa shape index (κ1) is 14.4. The molecule has 0 bridgehead atoms. The highest BCUT2D eigenvalue weighted by molar-refractivity contribution is 5.92. The zero-order valence-electron chi connectivity index (χ0n) is 12.7. The van der Waals surface area contributed by atoms with Crippen LogP contribution in [-0.2, 0) is 11.3 Å².